The van der Waals surface area contributed by atoms with Gasteiger partial charge in [-0.3, -0.25) is 13.7 Å². The van der Waals surface area contributed by atoms with Crippen LogP contribution in [0.3, 0.4) is 0 Å². The van der Waals surface area contributed by atoms with Crippen molar-refractivity contribution in [3.05, 3.63) is 28.8 Å². The fraction of sp³-hybridized carbons (Fsp3) is 0.600. The van der Waals surface area contributed by atoms with Crippen LogP contribution >= 0.6 is 22.8 Å². The van der Waals surface area contributed by atoms with Crippen LogP contribution in [0.25, 0.3) is 0 Å². The van der Waals surface area contributed by atoms with Gasteiger partial charge in [0.2, 0.25) is 0 Å². The van der Waals surface area contributed by atoms with E-state index < -0.39 is 43.8 Å². The van der Waals surface area contributed by atoms with Crippen LogP contribution in [-0.2, 0) is 29.2 Å². The Morgan fingerprint density at radius 1 is 0.655 bits per heavy atom. The Morgan fingerprint density at radius 3 is 1.07 bits per heavy atom. The summed E-state index contributed by atoms with van der Waals surface area (Å²) in [6.07, 6.45) is 0. The van der Waals surface area contributed by atoms with Crippen LogP contribution in [-0.4, -0.2) is 64.0 Å². The number of hydrogen-bond donors (Lipinski definition) is 7. The van der Waals surface area contributed by atoms with Crippen molar-refractivity contribution in [1.29, 1.82) is 0 Å². The molecule has 0 spiro atoms. The summed E-state index contributed by atoms with van der Waals surface area (Å²) in [5.74, 6) is -0.292. The minimum absolute atomic E-state index is 0. The minimum Gasteiger partial charge on any atom is -0.507 e. The first-order valence-electron chi connectivity index (χ1n) is 8.05. The molecule has 10 nitrogen and oxygen atoms in total. The van der Waals surface area contributed by atoms with Gasteiger partial charge in [0, 0.05) is 29.6 Å². The second-order valence-electron chi connectivity index (χ2n) is 8.69. The fourth-order valence-electron chi connectivity index (χ4n) is 2.99. The Balaban J connectivity index is 0.00000784. The molecule has 7 N–H and O–H groups in total. The molecule has 1 rings (SSSR count). The van der Waals surface area contributed by atoms with Crippen molar-refractivity contribution in [1.82, 2.24) is 0 Å². The molecule has 0 saturated heterocycles. The summed E-state index contributed by atoms with van der Waals surface area (Å²) >= 11 is 0. The fourth-order valence-corrected chi connectivity index (χ4v) is 8.45. The number of aromatic hydroxyl groups is 1. The quantitative estimate of drug-likeness (QED) is 0.247. The number of benzene rings is 1. The van der Waals surface area contributed by atoms with E-state index >= 15 is 0 Å². The topological polar surface area (TPSA) is 193 Å². The maximum absolute atomic E-state index is 12.2. The largest absolute Gasteiger partial charge is 0.507 e. The van der Waals surface area contributed by atoms with Crippen LogP contribution in [0.4, 0.5) is 0 Å². The van der Waals surface area contributed by atoms with Gasteiger partial charge in [-0.25, -0.2) is 0 Å². The molecule has 0 aliphatic heterocycles. The molecule has 0 amide bonds. The van der Waals surface area contributed by atoms with Gasteiger partial charge in [0.25, 0.3) is 4.64 Å². The standard InChI is InChI=1S/C15H27O10P3.Na/c1-13(2,3)10-7-9(8-11(12(10)16)14(4,5)6)15(26(17,18)19,27(20,21)22)28(23,24)25;/h7-8,16H,1-6H3,(H2,17,18,19)(H2,20,21,22)(H2,23,24,25);. The van der Waals surface area contributed by atoms with E-state index in [0.717, 1.165) is 12.1 Å². The SMILES string of the molecule is CC(C)(C)c1cc(C(P(=O)(O)O)(P(=O)(O)O)P(=O)(O)O)cc(C(C)(C)C)c1O.[Na]. The van der Waals surface area contributed by atoms with Gasteiger partial charge in [-0.1, -0.05) is 41.5 Å². The second kappa shape index (κ2) is 8.43. The zero-order chi connectivity index (χ0) is 22.7. The Labute approximate surface area is 191 Å². The number of hydrogen-bond acceptors (Lipinski definition) is 4. The van der Waals surface area contributed by atoms with E-state index in [4.69, 9.17) is 0 Å². The third kappa shape index (κ3) is 5.28. The van der Waals surface area contributed by atoms with Crippen molar-refractivity contribution in [2.45, 2.75) is 57.0 Å². The summed E-state index contributed by atoms with van der Waals surface area (Å²) in [6, 6.07) is 1.67. The molecular formula is C15H27NaO10P3. The molecule has 0 aliphatic carbocycles. The maximum Gasteiger partial charge on any atom is 0.360 e. The van der Waals surface area contributed by atoms with E-state index in [1.165, 1.54) is 0 Å². The molecule has 0 fully saturated rings. The van der Waals surface area contributed by atoms with E-state index in [2.05, 4.69) is 0 Å². The average Bonchev–Trinajstić information content (AvgIpc) is 2.32. The summed E-state index contributed by atoms with van der Waals surface area (Å²) < 4.78 is 32.5. The predicted octanol–water partition coefficient (Wildman–Crippen LogP) is 2.25. The molecular weight excluding hydrogens is 456 g/mol. The maximum atomic E-state index is 12.2. The van der Waals surface area contributed by atoms with Crippen LogP contribution in [0.1, 0.15) is 58.2 Å². The van der Waals surface area contributed by atoms with Gasteiger partial charge in [0.1, 0.15) is 5.75 Å². The van der Waals surface area contributed by atoms with Crippen molar-refractivity contribution >= 4 is 52.3 Å². The molecule has 0 unspecified atom stereocenters. The molecule has 1 radical (unpaired) electrons. The number of phenolic OH excluding ortho intramolecular Hbond substituents is 1. The molecule has 14 heteroatoms. The molecule has 1 aromatic carbocycles. The van der Waals surface area contributed by atoms with E-state index in [-0.39, 0.29) is 46.4 Å². The van der Waals surface area contributed by atoms with E-state index in [1.54, 1.807) is 41.5 Å². The Hall–Kier alpha value is 0.470. The molecule has 0 aromatic heterocycles. The van der Waals surface area contributed by atoms with Gasteiger partial charge >= 0.3 is 22.8 Å². The van der Waals surface area contributed by atoms with Gasteiger partial charge in [-0.15, -0.1) is 0 Å². The average molecular weight is 483 g/mol. The predicted molar refractivity (Wildman–Crippen MR) is 109 cm³/mol. The third-order valence-corrected chi connectivity index (χ3v) is 12.2. The van der Waals surface area contributed by atoms with Crippen molar-refractivity contribution in [2.24, 2.45) is 0 Å². The molecule has 0 atom stereocenters. The minimum atomic E-state index is -6.14. The molecule has 0 bridgehead atoms. The monoisotopic (exact) mass is 483 g/mol. The van der Waals surface area contributed by atoms with Crippen molar-refractivity contribution < 1.29 is 48.2 Å². The molecule has 0 saturated carbocycles. The van der Waals surface area contributed by atoms with Gasteiger partial charge in [0.05, 0.1) is 0 Å². The first-order chi connectivity index (χ1) is 12.0. The van der Waals surface area contributed by atoms with E-state index in [1.807, 2.05) is 0 Å². The van der Waals surface area contributed by atoms with Crippen molar-refractivity contribution in [3.8, 4) is 5.75 Å². The van der Waals surface area contributed by atoms with Gasteiger partial charge in [-0.2, -0.15) is 0 Å². The summed E-state index contributed by atoms with van der Waals surface area (Å²) in [5, 5.41) is 10.7. The first-order valence-corrected chi connectivity index (χ1v) is 12.9. The number of phenols is 1. The van der Waals surface area contributed by atoms with Crippen LogP contribution in [0.5, 0.6) is 5.75 Å². The number of rotatable bonds is 4. The Morgan fingerprint density at radius 2 is 0.897 bits per heavy atom. The molecule has 163 valence electrons. The molecule has 29 heavy (non-hydrogen) atoms. The third-order valence-electron chi connectivity index (χ3n) is 4.33. The summed E-state index contributed by atoms with van der Waals surface area (Å²) in [5.41, 5.74) is -2.66. The molecule has 1 aromatic rings. The van der Waals surface area contributed by atoms with Gasteiger partial charge < -0.3 is 34.5 Å². The molecule has 0 heterocycles. The van der Waals surface area contributed by atoms with Crippen LogP contribution in [0.2, 0.25) is 0 Å². The van der Waals surface area contributed by atoms with Crippen LogP contribution < -0.4 is 0 Å². The summed E-state index contributed by atoms with van der Waals surface area (Å²) in [4.78, 5) is 58.6. The van der Waals surface area contributed by atoms with E-state index in [9.17, 15) is 48.2 Å². The second-order valence-corrected chi connectivity index (χ2v) is 15.0. The van der Waals surface area contributed by atoms with E-state index in [0.29, 0.717) is 0 Å². The molecule has 0 aliphatic rings. The van der Waals surface area contributed by atoms with Crippen LogP contribution in [0.15, 0.2) is 12.1 Å². The zero-order valence-electron chi connectivity index (χ0n) is 17.4. The summed E-state index contributed by atoms with van der Waals surface area (Å²) in [7, 11) is -18.4. The van der Waals surface area contributed by atoms with Crippen molar-refractivity contribution in [3.63, 3.8) is 0 Å². The van der Waals surface area contributed by atoms with Gasteiger partial charge in [0.15, 0.2) is 0 Å². The summed E-state index contributed by atoms with van der Waals surface area (Å²) in [6.45, 7) is 9.70. The van der Waals surface area contributed by atoms with Crippen molar-refractivity contribution in [2.75, 3.05) is 0 Å². The normalized spacial score (nSPS) is 14.5. The Bertz CT molecular complexity index is 823. The zero-order valence-corrected chi connectivity index (χ0v) is 22.0. The van der Waals surface area contributed by atoms with Crippen LogP contribution in [0, 0.1) is 0 Å². The first kappa shape index (κ1) is 29.5. The smallest absolute Gasteiger partial charge is 0.360 e. The van der Waals surface area contributed by atoms with Gasteiger partial charge in [-0.05, 0) is 39.7 Å². The Kier molecular flexibility index (Phi) is 8.57.